The monoisotopic (exact) mass is 394 g/mol. The lowest BCUT2D eigenvalue weighted by molar-refractivity contribution is -0.143. The van der Waals surface area contributed by atoms with Gasteiger partial charge in [-0.3, -0.25) is 4.79 Å². The van der Waals surface area contributed by atoms with Gasteiger partial charge in [0.15, 0.2) is 0 Å². The van der Waals surface area contributed by atoms with Crippen molar-refractivity contribution in [3.8, 4) is 0 Å². The Morgan fingerprint density at radius 2 is 1.81 bits per heavy atom. The van der Waals surface area contributed by atoms with E-state index in [0.717, 1.165) is 5.56 Å². The maximum Gasteiger partial charge on any atom is 0.306 e. The molecule has 1 aromatic rings. The molecule has 1 atom stereocenters. The van der Waals surface area contributed by atoms with Crippen molar-refractivity contribution in [2.75, 3.05) is 7.11 Å². The van der Waals surface area contributed by atoms with E-state index in [2.05, 4.69) is 32.3 Å². The SMILES string of the molecule is C=C(O[Si](C)(C)C)C(CC=C(C)C)(CC(=O)OC)Cc1ccc(Cl)cc1. The summed E-state index contributed by atoms with van der Waals surface area (Å²) in [6.45, 7) is 14.7. The molecule has 0 saturated carbocycles. The van der Waals surface area contributed by atoms with Gasteiger partial charge in [-0.25, -0.2) is 0 Å². The van der Waals surface area contributed by atoms with Crippen molar-refractivity contribution in [1.29, 1.82) is 0 Å². The van der Waals surface area contributed by atoms with Crippen LogP contribution in [0.2, 0.25) is 24.7 Å². The Bertz CT molecular complexity index is 655. The standard InChI is InChI=1S/C21H31ClO3Si/c1-16(2)12-13-21(15-20(23)24-4,17(3)25-26(5,6)7)14-18-8-10-19(22)11-9-18/h8-12H,3,13-15H2,1-2,4-7H3. The first-order chi connectivity index (χ1) is 12.0. The van der Waals surface area contributed by atoms with Crippen LogP contribution in [0.4, 0.5) is 0 Å². The van der Waals surface area contributed by atoms with Crippen LogP contribution in [0, 0.1) is 5.41 Å². The molecule has 26 heavy (non-hydrogen) atoms. The third kappa shape index (κ3) is 7.38. The van der Waals surface area contributed by atoms with Gasteiger partial charge in [-0.2, -0.15) is 0 Å². The van der Waals surface area contributed by atoms with Crippen LogP contribution >= 0.6 is 11.6 Å². The number of rotatable bonds is 9. The van der Waals surface area contributed by atoms with Gasteiger partial charge in [-0.15, -0.1) is 0 Å². The van der Waals surface area contributed by atoms with Crippen molar-refractivity contribution >= 4 is 25.9 Å². The predicted octanol–water partition coefficient (Wildman–Crippen LogP) is 6.15. The van der Waals surface area contributed by atoms with Gasteiger partial charge in [0, 0.05) is 10.4 Å². The third-order valence-corrected chi connectivity index (χ3v) is 5.20. The van der Waals surface area contributed by atoms with Crippen LogP contribution in [0.5, 0.6) is 0 Å². The summed E-state index contributed by atoms with van der Waals surface area (Å²) in [4.78, 5) is 12.2. The van der Waals surface area contributed by atoms with E-state index in [0.29, 0.717) is 23.6 Å². The number of methoxy groups -OCH3 is 1. The van der Waals surface area contributed by atoms with Crippen molar-refractivity contribution in [1.82, 2.24) is 0 Å². The summed E-state index contributed by atoms with van der Waals surface area (Å²) in [5.74, 6) is 0.399. The van der Waals surface area contributed by atoms with Crippen LogP contribution in [-0.4, -0.2) is 21.4 Å². The minimum atomic E-state index is -1.87. The molecule has 0 heterocycles. The Hall–Kier alpha value is -1.52. The summed E-state index contributed by atoms with van der Waals surface area (Å²) in [6.07, 6.45) is 3.65. The second-order valence-electron chi connectivity index (χ2n) is 7.96. The first kappa shape index (κ1) is 22.5. The van der Waals surface area contributed by atoms with E-state index in [4.69, 9.17) is 20.8 Å². The molecule has 5 heteroatoms. The van der Waals surface area contributed by atoms with Gasteiger partial charge in [-0.05, 0) is 64.0 Å². The lowest BCUT2D eigenvalue weighted by atomic mass is 9.74. The third-order valence-electron chi connectivity index (χ3n) is 4.09. The van der Waals surface area contributed by atoms with Crippen molar-refractivity contribution in [2.45, 2.75) is 52.8 Å². The van der Waals surface area contributed by atoms with Crippen molar-refractivity contribution < 1.29 is 14.0 Å². The first-order valence-electron chi connectivity index (χ1n) is 8.80. The molecular weight excluding hydrogens is 364 g/mol. The fraction of sp³-hybridized carbons (Fsp3) is 0.476. The van der Waals surface area contributed by atoms with Gasteiger partial charge in [0.2, 0.25) is 8.32 Å². The highest BCUT2D eigenvalue weighted by molar-refractivity contribution is 6.70. The Kier molecular flexibility index (Phi) is 8.16. The number of esters is 1. The summed E-state index contributed by atoms with van der Waals surface area (Å²) in [5.41, 5.74) is 1.72. The van der Waals surface area contributed by atoms with E-state index in [9.17, 15) is 4.79 Å². The number of carbonyl (C=O) groups is 1. The molecule has 1 aromatic carbocycles. The van der Waals surface area contributed by atoms with Crippen LogP contribution in [0.25, 0.3) is 0 Å². The molecule has 0 saturated heterocycles. The Labute approximate surface area is 164 Å². The number of benzene rings is 1. The smallest absolute Gasteiger partial charge is 0.306 e. The Balaban J connectivity index is 3.34. The second kappa shape index (κ2) is 9.42. The van der Waals surface area contributed by atoms with E-state index < -0.39 is 13.7 Å². The van der Waals surface area contributed by atoms with Crippen molar-refractivity contribution in [3.05, 3.63) is 58.8 Å². The molecule has 1 rings (SSSR count). The minimum Gasteiger partial charge on any atom is -0.547 e. The molecule has 0 aromatic heterocycles. The maximum atomic E-state index is 12.2. The predicted molar refractivity (Wildman–Crippen MR) is 112 cm³/mol. The Morgan fingerprint density at radius 1 is 1.23 bits per heavy atom. The zero-order valence-corrected chi connectivity index (χ0v) is 18.6. The normalized spacial score (nSPS) is 13.5. The summed E-state index contributed by atoms with van der Waals surface area (Å²) < 4.78 is 11.2. The molecule has 0 fully saturated rings. The maximum absolute atomic E-state index is 12.2. The molecule has 3 nitrogen and oxygen atoms in total. The van der Waals surface area contributed by atoms with E-state index in [-0.39, 0.29) is 12.4 Å². The van der Waals surface area contributed by atoms with Gasteiger partial charge in [0.1, 0.15) is 0 Å². The minimum absolute atomic E-state index is 0.221. The first-order valence-corrected chi connectivity index (χ1v) is 12.6. The molecule has 0 bridgehead atoms. The summed E-state index contributed by atoms with van der Waals surface area (Å²) in [5, 5.41) is 0.689. The number of hydrogen-bond acceptors (Lipinski definition) is 3. The summed E-state index contributed by atoms with van der Waals surface area (Å²) >= 11 is 6.02. The molecule has 0 aliphatic carbocycles. The molecular formula is C21H31ClO3Si. The van der Waals surface area contributed by atoms with Crippen molar-refractivity contribution in [3.63, 3.8) is 0 Å². The average Bonchev–Trinajstić information content (AvgIpc) is 2.52. The van der Waals surface area contributed by atoms with Gasteiger partial charge < -0.3 is 9.16 Å². The highest BCUT2D eigenvalue weighted by Crippen LogP contribution is 2.41. The molecule has 0 radical (unpaired) electrons. The van der Waals surface area contributed by atoms with Crippen LogP contribution in [-0.2, 0) is 20.4 Å². The zero-order chi connectivity index (χ0) is 20.0. The molecule has 1 unspecified atom stereocenters. The average molecular weight is 395 g/mol. The van der Waals surface area contributed by atoms with Gasteiger partial charge >= 0.3 is 5.97 Å². The molecule has 0 aliphatic rings. The van der Waals surface area contributed by atoms with E-state index in [1.807, 2.05) is 38.1 Å². The summed E-state index contributed by atoms with van der Waals surface area (Å²) in [6, 6.07) is 7.70. The van der Waals surface area contributed by atoms with Gasteiger partial charge in [0.25, 0.3) is 0 Å². The highest BCUT2D eigenvalue weighted by Gasteiger charge is 2.39. The number of ether oxygens (including phenoxy) is 1. The van der Waals surface area contributed by atoms with Crippen LogP contribution in [0.1, 0.15) is 32.3 Å². The lowest BCUT2D eigenvalue weighted by Gasteiger charge is -2.37. The largest absolute Gasteiger partial charge is 0.547 e. The van der Waals surface area contributed by atoms with E-state index in [1.54, 1.807) is 0 Å². The Morgan fingerprint density at radius 3 is 2.27 bits per heavy atom. The molecule has 0 N–H and O–H groups in total. The van der Waals surface area contributed by atoms with Crippen LogP contribution < -0.4 is 0 Å². The number of hydrogen-bond donors (Lipinski definition) is 0. The fourth-order valence-corrected chi connectivity index (χ4v) is 3.82. The molecule has 0 spiro atoms. The van der Waals surface area contributed by atoms with E-state index in [1.165, 1.54) is 12.7 Å². The number of carbonyl (C=O) groups excluding carboxylic acids is 1. The zero-order valence-electron chi connectivity index (χ0n) is 16.8. The summed E-state index contributed by atoms with van der Waals surface area (Å²) in [7, 11) is -0.452. The quantitative estimate of drug-likeness (QED) is 0.218. The molecule has 0 aliphatic heterocycles. The lowest BCUT2D eigenvalue weighted by Crippen LogP contribution is -2.36. The van der Waals surface area contributed by atoms with Crippen LogP contribution in [0.3, 0.4) is 0 Å². The highest BCUT2D eigenvalue weighted by atomic mass is 35.5. The number of halogens is 1. The molecule has 0 amide bonds. The van der Waals surface area contributed by atoms with Crippen LogP contribution in [0.15, 0.2) is 48.3 Å². The van der Waals surface area contributed by atoms with E-state index >= 15 is 0 Å². The van der Waals surface area contributed by atoms with Gasteiger partial charge in [-0.1, -0.05) is 42.0 Å². The topological polar surface area (TPSA) is 35.5 Å². The second-order valence-corrected chi connectivity index (χ2v) is 12.8. The number of allylic oxidation sites excluding steroid dienone is 3. The molecule has 144 valence electrons. The fourth-order valence-electron chi connectivity index (χ4n) is 2.74. The van der Waals surface area contributed by atoms with Crippen molar-refractivity contribution in [2.24, 2.45) is 5.41 Å². The van der Waals surface area contributed by atoms with Gasteiger partial charge in [0.05, 0.1) is 19.3 Å².